The van der Waals surface area contributed by atoms with Crippen molar-refractivity contribution in [2.75, 3.05) is 7.11 Å². The number of hydrogen-bond acceptors (Lipinski definition) is 5. The number of para-hydroxylation sites is 1. The summed E-state index contributed by atoms with van der Waals surface area (Å²) in [7, 11) is 1.60. The molecule has 2 aromatic carbocycles. The molecule has 6 nitrogen and oxygen atoms in total. The van der Waals surface area contributed by atoms with Crippen molar-refractivity contribution in [3.05, 3.63) is 60.8 Å². The summed E-state index contributed by atoms with van der Waals surface area (Å²) in [5, 5.41) is 22.4. The van der Waals surface area contributed by atoms with Gasteiger partial charge in [0, 0.05) is 0 Å². The predicted octanol–water partition coefficient (Wildman–Crippen LogP) is 4.00. The standard InChI is InChI=1S/C16H14N4O2/c1-22-14-9-7-12(8-10-14)18-19-15-11-17-20(16(15)21)13-5-3-2-4-6-13/h2-11,21H,1H3/b19-18+. The van der Waals surface area contributed by atoms with Crippen molar-refractivity contribution < 1.29 is 9.84 Å². The number of aromatic hydroxyl groups is 1. The molecule has 0 bridgehead atoms. The van der Waals surface area contributed by atoms with E-state index in [-0.39, 0.29) is 5.88 Å². The largest absolute Gasteiger partial charge is 0.497 e. The molecule has 22 heavy (non-hydrogen) atoms. The maximum Gasteiger partial charge on any atom is 0.242 e. The lowest BCUT2D eigenvalue weighted by Crippen LogP contribution is -1.93. The van der Waals surface area contributed by atoms with Gasteiger partial charge in [-0.3, -0.25) is 0 Å². The van der Waals surface area contributed by atoms with E-state index >= 15 is 0 Å². The first-order chi connectivity index (χ1) is 10.8. The molecule has 1 aromatic heterocycles. The zero-order valence-electron chi connectivity index (χ0n) is 11.9. The van der Waals surface area contributed by atoms with Crippen LogP contribution in [0, 0.1) is 0 Å². The Morgan fingerprint density at radius 2 is 1.73 bits per heavy atom. The molecule has 0 aliphatic heterocycles. The molecule has 0 aliphatic rings. The molecule has 0 fully saturated rings. The maximum atomic E-state index is 10.2. The Hall–Kier alpha value is -3.15. The number of hydrogen-bond donors (Lipinski definition) is 1. The summed E-state index contributed by atoms with van der Waals surface area (Å²) in [6.07, 6.45) is 1.47. The molecule has 3 rings (SSSR count). The second kappa shape index (κ2) is 6.09. The Morgan fingerprint density at radius 3 is 2.41 bits per heavy atom. The van der Waals surface area contributed by atoms with Crippen molar-refractivity contribution >= 4 is 11.4 Å². The molecule has 6 heteroatoms. The van der Waals surface area contributed by atoms with Gasteiger partial charge in [-0.1, -0.05) is 18.2 Å². The molecule has 0 amide bonds. The summed E-state index contributed by atoms with van der Waals surface area (Å²) in [6, 6.07) is 16.5. The Morgan fingerprint density at radius 1 is 1.00 bits per heavy atom. The van der Waals surface area contributed by atoms with E-state index in [9.17, 15) is 5.11 Å². The van der Waals surface area contributed by atoms with E-state index in [4.69, 9.17) is 4.74 Å². The zero-order chi connectivity index (χ0) is 15.4. The fraction of sp³-hybridized carbons (Fsp3) is 0.0625. The smallest absolute Gasteiger partial charge is 0.242 e. The van der Waals surface area contributed by atoms with Crippen LogP contribution in [-0.4, -0.2) is 22.0 Å². The number of nitrogens with zero attached hydrogens (tertiary/aromatic N) is 4. The first kappa shape index (κ1) is 13.8. The number of azo groups is 1. The summed E-state index contributed by atoms with van der Waals surface area (Å²) < 4.78 is 6.48. The van der Waals surface area contributed by atoms with Gasteiger partial charge in [-0.2, -0.15) is 14.9 Å². The van der Waals surface area contributed by atoms with E-state index < -0.39 is 0 Å². The Balaban J connectivity index is 1.84. The molecule has 0 spiro atoms. The van der Waals surface area contributed by atoms with Gasteiger partial charge in [0.25, 0.3) is 0 Å². The van der Waals surface area contributed by atoms with Gasteiger partial charge in [0.2, 0.25) is 5.88 Å². The van der Waals surface area contributed by atoms with Crippen molar-refractivity contribution in [1.29, 1.82) is 0 Å². The SMILES string of the molecule is COc1ccc(/N=N/c2cnn(-c3ccccc3)c2O)cc1. The highest BCUT2D eigenvalue weighted by molar-refractivity contribution is 5.50. The molecule has 0 unspecified atom stereocenters. The van der Waals surface area contributed by atoms with Gasteiger partial charge in [0.05, 0.1) is 24.7 Å². The Bertz CT molecular complexity index is 780. The third-order valence-electron chi connectivity index (χ3n) is 3.07. The van der Waals surface area contributed by atoms with Crippen LogP contribution in [0.5, 0.6) is 11.6 Å². The lowest BCUT2D eigenvalue weighted by molar-refractivity contribution is 0.415. The molecule has 0 radical (unpaired) electrons. The quantitative estimate of drug-likeness (QED) is 0.739. The molecule has 0 saturated heterocycles. The minimum Gasteiger partial charge on any atom is -0.497 e. The third-order valence-corrected chi connectivity index (χ3v) is 3.07. The van der Waals surface area contributed by atoms with E-state index in [1.54, 1.807) is 31.4 Å². The average Bonchev–Trinajstić information content (AvgIpc) is 2.95. The Kier molecular flexibility index (Phi) is 3.82. The van der Waals surface area contributed by atoms with E-state index in [0.717, 1.165) is 11.4 Å². The van der Waals surface area contributed by atoms with E-state index in [0.29, 0.717) is 11.4 Å². The topological polar surface area (TPSA) is 72.0 Å². The molecule has 1 heterocycles. The molecule has 3 aromatic rings. The highest BCUT2D eigenvalue weighted by atomic mass is 16.5. The monoisotopic (exact) mass is 294 g/mol. The Labute approximate surface area is 127 Å². The normalized spacial score (nSPS) is 11.0. The molecule has 110 valence electrons. The van der Waals surface area contributed by atoms with Crippen LogP contribution < -0.4 is 4.74 Å². The molecular formula is C16H14N4O2. The van der Waals surface area contributed by atoms with Crippen LogP contribution in [0.25, 0.3) is 5.69 Å². The second-order valence-corrected chi connectivity index (χ2v) is 4.50. The number of benzene rings is 2. The highest BCUT2D eigenvalue weighted by Crippen LogP contribution is 2.30. The van der Waals surface area contributed by atoms with E-state index in [2.05, 4.69) is 15.3 Å². The van der Waals surface area contributed by atoms with Crippen LogP contribution in [0.4, 0.5) is 11.4 Å². The van der Waals surface area contributed by atoms with Gasteiger partial charge in [-0.25, -0.2) is 0 Å². The first-order valence-electron chi connectivity index (χ1n) is 6.66. The second-order valence-electron chi connectivity index (χ2n) is 4.50. The average molecular weight is 294 g/mol. The van der Waals surface area contributed by atoms with Crippen LogP contribution in [0.3, 0.4) is 0 Å². The molecule has 0 atom stereocenters. The van der Waals surface area contributed by atoms with Crippen molar-refractivity contribution in [3.8, 4) is 17.3 Å². The van der Waals surface area contributed by atoms with Crippen LogP contribution >= 0.6 is 0 Å². The van der Waals surface area contributed by atoms with Crippen molar-refractivity contribution in [1.82, 2.24) is 9.78 Å². The van der Waals surface area contributed by atoms with Gasteiger partial charge in [0.1, 0.15) is 5.75 Å². The van der Waals surface area contributed by atoms with Crippen molar-refractivity contribution in [2.24, 2.45) is 10.2 Å². The van der Waals surface area contributed by atoms with Gasteiger partial charge >= 0.3 is 0 Å². The number of ether oxygens (including phenoxy) is 1. The maximum absolute atomic E-state index is 10.2. The fourth-order valence-electron chi connectivity index (χ4n) is 1.92. The molecule has 1 N–H and O–H groups in total. The van der Waals surface area contributed by atoms with Crippen LogP contribution in [0.15, 0.2) is 71.0 Å². The van der Waals surface area contributed by atoms with Crippen molar-refractivity contribution in [2.45, 2.75) is 0 Å². The summed E-state index contributed by atoms with van der Waals surface area (Å²) in [5.74, 6) is 0.696. The number of methoxy groups -OCH3 is 1. The molecule has 0 saturated carbocycles. The van der Waals surface area contributed by atoms with E-state index in [1.807, 2.05) is 30.3 Å². The summed E-state index contributed by atoms with van der Waals surface area (Å²) in [6.45, 7) is 0. The minimum atomic E-state index is -0.0524. The minimum absolute atomic E-state index is 0.0524. The van der Waals surface area contributed by atoms with Crippen LogP contribution in [0.1, 0.15) is 0 Å². The highest BCUT2D eigenvalue weighted by Gasteiger charge is 2.10. The molecule has 0 aliphatic carbocycles. The summed E-state index contributed by atoms with van der Waals surface area (Å²) in [5.41, 5.74) is 1.72. The third kappa shape index (κ3) is 2.80. The lowest BCUT2D eigenvalue weighted by Gasteiger charge is -2.01. The summed E-state index contributed by atoms with van der Waals surface area (Å²) >= 11 is 0. The first-order valence-corrected chi connectivity index (χ1v) is 6.66. The molecular weight excluding hydrogens is 280 g/mol. The number of aromatic nitrogens is 2. The van der Waals surface area contributed by atoms with Crippen LogP contribution in [-0.2, 0) is 0 Å². The lowest BCUT2D eigenvalue weighted by atomic mass is 10.3. The van der Waals surface area contributed by atoms with Gasteiger partial charge < -0.3 is 9.84 Å². The van der Waals surface area contributed by atoms with Crippen LogP contribution in [0.2, 0.25) is 0 Å². The summed E-state index contributed by atoms with van der Waals surface area (Å²) in [4.78, 5) is 0. The van der Waals surface area contributed by atoms with E-state index in [1.165, 1.54) is 10.9 Å². The van der Waals surface area contributed by atoms with Gasteiger partial charge in [0.15, 0.2) is 5.69 Å². The fourth-order valence-corrected chi connectivity index (χ4v) is 1.92. The predicted molar refractivity (Wildman–Crippen MR) is 82.4 cm³/mol. The number of rotatable bonds is 4. The van der Waals surface area contributed by atoms with Gasteiger partial charge in [-0.05, 0) is 36.4 Å². The van der Waals surface area contributed by atoms with Crippen molar-refractivity contribution in [3.63, 3.8) is 0 Å². The zero-order valence-corrected chi connectivity index (χ0v) is 11.9. The van der Waals surface area contributed by atoms with Gasteiger partial charge in [-0.15, -0.1) is 5.11 Å².